The number of benzene rings is 1. The molecule has 220 valence electrons. The summed E-state index contributed by atoms with van der Waals surface area (Å²) >= 11 is 1.74. The topological polar surface area (TPSA) is 118 Å². The second-order valence-corrected chi connectivity index (χ2v) is 11.8. The maximum atomic E-state index is 12.9. The van der Waals surface area contributed by atoms with E-state index in [4.69, 9.17) is 20.2 Å². The van der Waals surface area contributed by atoms with Gasteiger partial charge in [-0.2, -0.15) is 0 Å². The maximum absolute atomic E-state index is 12.9. The number of rotatable bonds is 8. The minimum atomic E-state index is -0.228. The number of fused-ring (bicyclic) bond motifs is 3. The molecule has 0 fully saturated rings. The lowest BCUT2D eigenvalue weighted by Gasteiger charge is -2.25. The predicted molar refractivity (Wildman–Crippen MR) is 167 cm³/mol. The van der Waals surface area contributed by atoms with E-state index >= 15 is 0 Å². The summed E-state index contributed by atoms with van der Waals surface area (Å²) in [6, 6.07) is 10.3. The molecule has 42 heavy (non-hydrogen) atoms. The van der Waals surface area contributed by atoms with E-state index < -0.39 is 0 Å². The number of nitrogens with zero attached hydrogens (tertiary/aromatic N) is 4. The van der Waals surface area contributed by atoms with Crippen molar-refractivity contribution in [1.82, 2.24) is 20.4 Å². The molecule has 2 aliphatic rings. The number of anilines is 3. The molecule has 0 amide bonds. The van der Waals surface area contributed by atoms with E-state index in [2.05, 4.69) is 58.3 Å². The first kappa shape index (κ1) is 28.2. The van der Waals surface area contributed by atoms with Crippen LogP contribution in [0.5, 0.6) is 5.75 Å². The number of carbonyl (C=O) groups excluding carboxylic acids is 1. The lowest BCUT2D eigenvalue weighted by Crippen LogP contribution is -2.32. The maximum Gasteiger partial charge on any atom is 0.306 e. The summed E-state index contributed by atoms with van der Waals surface area (Å²) in [5.41, 5.74) is 18.5. The van der Waals surface area contributed by atoms with Crippen LogP contribution >= 0.6 is 11.3 Å². The lowest BCUT2D eigenvalue weighted by molar-refractivity contribution is -0.143. The van der Waals surface area contributed by atoms with Crippen LogP contribution in [0.15, 0.2) is 41.9 Å². The highest BCUT2D eigenvalue weighted by molar-refractivity contribution is 7.17. The number of esters is 1. The number of pyridine rings is 2. The van der Waals surface area contributed by atoms with Crippen LogP contribution < -0.4 is 26.4 Å². The van der Waals surface area contributed by atoms with Crippen LogP contribution in [0.1, 0.15) is 60.6 Å². The molecule has 5 heterocycles. The van der Waals surface area contributed by atoms with Gasteiger partial charge in [0.2, 0.25) is 0 Å². The van der Waals surface area contributed by atoms with Crippen molar-refractivity contribution in [3.8, 4) is 5.75 Å². The lowest BCUT2D eigenvalue weighted by atomic mass is 9.85. The molecule has 1 aromatic carbocycles. The summed E-state index contributed by atoms with van der Waals surface area (Å²) in [5, 5.41) is 5.13. The number of hydrazine groups is 2. The summed E-state index contributed by atoms with van der Waals surface area (Å²) in [7, 11) is 1.91. The average molecular weight is 588 g/mol. The van der Waals surface area contributed by atoms with Crippen LogP contribution in [-0.2, 0) is 22.6 Å². The molecule has 0 aliphatic carbocycles. The van der Waals surface area contributed by atoms with E-state index in [1.165, 1.54) is 10.3 Å². The number of hydrogen-bond acceptors (Lipinski definition) is 11. The van der Waals surface area contributed by atoms with E-state index in [0.29, 0.717) is 25.5 Å². The molecule has 10 nitrogen and oxygen atoms in total. The van der Waals surface area contributed by atoms with Gasteiger partial charge < -0.3 is 15.2 Å². The summed E-state index contributed by atoms with van der Waals surface area (Å²) in [6.07, 6.45) is 3.05. The summed E-state index contributed by atoms with van der Waals surface area (Å²) in [4.78, 5) is 24.7. The van der Waals surface area contributed by atoms with Gasteiger partial charge in [0.25, 0.3) is 0 Å². The Morgan fingerprint density at radius 2 is 2.14 bits per heavy atom. The van der Waals surface area contributed by atoms with E-state index in [1.54, 1.807) is 17.4 Å². The van der Waals surface area contributed by atoms with Gasteiger partial charge in [-0.3, -0.25) is 20.1 Å². The van der Waals surface area contributed by atoms with Gasteiger partial charge in [-0.25, -0.2) is 9.97 Å². The van der Waals surface area contributed by atoms with E-state index in [1.807, 2.05) is 31.2 Å². The zero-order valence-corrected chi connectivity index (χ0v) is 25.3. The van der Waals surface area contributed by atoms with E-state index in [0.717, 1.165) is 58.0 Å². The molecule has 4 aromatic rings. The Hall–Kier alpha value is -3.93. The molecule has 0 bridgehead atoms. The summed E-state index contributed by atoms with van der Waals surface area (Å²) in [5.74, 6) is 1.66. The summed E-state index contributed by atoms with van der Waals surface area (Å²) in [6.45, 7) is 8.52. The van der Waals surface area contributed by atoms with Gasteiger partial charge >= 0.3 is 5.97 Å². The number of aromatic nitrogens is 2. The monoisotopic (exact) mass is 587 g/mol. The van der Waals surface area contributed by atoms with Crippen LogP contribution in [0.2, 0.25) is 0 Å². The minimum absolute atomic E-state index is 0.0506. The van der Waals surface area contributed by atoms with Gasteiger partial charge in [0.15, 0.2) is 5.82 Å². The van der Waals surface area contributed by atoms with Gasteiger partial charge in [0, 0.05) is 43.5 Å². The fraction of sp³-hybridized carbons (Fsp3) is 0.387. The van der Waals surface area contributed by atoms with Crippen molar-refractivity contribution in [2.75, 3.05) is 36.4 Å². The Kier molecular flexibility index (Phi) is 7.89. The van der Waals surface area contributed by atoms with Crippen molar-refractivity contribution >= 4 is 44.7 Å². The highest BCUT2D eigenvalue weighted by Crippen LogP contribution is 2.40. The van der Waals surface area contributed by atoms with Gasteiger partial charge in [0.1, 0.15) is 17.7 Å². The molecule has 0 unspecified atom stereocenters. The highest BCUT2D eigenvalue weighted by Gasteiger charge is 2.29. The Balaban J connectivity index is 1.40. The van der Waals surface area contributed by atoms with Crippen LogP contribution in [-0.4, -0.2) is 47.1 Å². The predicted octanol–water partition coefficient (Wildman–Crippen LogP) is 5.12. The second-order valence-electron chi connectivity index (χ2n) is 10.9. The molecule has 0 saturated heterocycles. The van der Waals surface area contributed by atoms with E-state index in [-0.39, 0.29) is 24.4 Å². The molecule has 2 aliphatic heterocycles. The smallest absolute Gasteiger partial charge is 0.306 e. The van der Waals surface area contributed by atoms with Crippen molar-refractivity contribution in [2.24, 2.45) is 0 Å². The Bertz CT molecular complexity index is 1620. The van der Waals surface area contributed by atoms with Crippen molar-refractivity contribution in [2.45, 2.75) is 58.7 Å². The fourth-order valence-corrected chi connectivity index (χ4v) is 6.82. The normalized spacial score (nSPS) is 17.2. The first-order valence-corrected chi connectivity index (χ1v) is 15.3. The fourth-order valence-electron chi connectivity index (χ4n) is 5.93. The van der Waals surface area contributed by atoms with Crippen molar-refractivity contribution in [3.63, 3.8) is 0 Å². The molecule has 0 saturated carbocycles. The van der Waals surface area contributed by atoms with E-state index in [9.17, 15) is 4.79 Å². The largest absolute Gasteiger partial charge is 0.487 e. The van der Waals surface area contributed by atoms with Gasteiger partial charge in [-0.05, 0) is 77.6 Å². The summed E-state index contributed by atoms with van der Waals surface area (Å²) < 4.78 is 13.0. The SMILES string of the molecule is CCOC(=O)C[C@@H](c1cc(CN2Cc3nc(N)ccc3O[C@H](CC)C2)c2sccc2c1)c1cnc2c(c1C)NNN2C. The molecule has 0 spiro atoms. The molecule has 3 aromatic heterocycles. The van der Waals surface area contributed by atoms with Gasteiger partial charge in [-0.1, -0.05) is 13.0 Å². The molecule has 11 heteroatoms. The Morgan fingerprint density at radius 1 is 1.29 bits per heavy atom. The number of nitrogens with one attached hydrogen (secondary N) is 2. The highest BCUT2D eigenvalue weighted by atomic mass is 32.1. The number of ether oxygens (including phenoxy) is 2. The zero-order valence-electron chi connectivity index (χ0n) is 24.4. The van der Waals surface area contributed by atoms with Crippen LogP contribution in [0, 0.1) is 6.92 Å². The van der Waals surface area contributed by atoms with Crippen LogP contribution in [0.25, 0.3) is 10.1 Å². The molecular formula is C31H37N7O3S. The third kappa shape index (κ3) is 5.47. The number of nitrogens with two attached hydrogens (primary N) is 1. The van der Waals surface area contributed by atoms with Crippen LogP contribution in [0.3, 0.4) is 0 Å². The Labute approximate surface area is 249 Å². The van der Waals surface area contributed by atoms with Crippen molar-refractivity contribution in [3.05, 3.63) is 69.9 Å². The molecule has 6 rings (SSSR count). The first-order chi connectivity index (χ1) is 20.3. The number of hydrogen-bond donors (Lipinski definition) is 3. The zero-order chi connectivity index (χ0) is 29.4. The standard InChI is InChI=1S/C31H37N7O3S/c1-5-22-16-38(17-25-26(41-22)7-8-27(32)34-25)15-21-12-20(11-19-9-10-42-30(19)21)23(13-28(39)40-6-2)24-14-33-31-29(18(24)3)35-36-37(31)4/h7-12,14,22-23,35-36H,5-6,13,15-17H2,1-4H3,(H2,32,34)/t22-,23+/m1/s1. The third-order valence-corrected chi connectivity index (χ3v) is 9.07. The average Bonchev–Trinajstić information content (AvgIpc) is 3.56. The van der Waals surface area contributed by atoms with Gasteiger partial charge in [-0.15, -0.1) is 16.9 Å². The number of carbonyl (C=O) groups is 1. The molecule has 0 radical (unpaired) electrons. The quantitative estimate of drug-likeness (QED) is 0.240. The van der Waals surface area contributed by atoms with Crippen LogP contribution in [0.4, 0.5) is 17.3 Å². The Morgan fingerprint density at radius 3 is 2.95 bits per heavy atom. The van der Waals surface area contributed by atoms with Gasteiger partial charge in [0.05, 0.1) is 24.4 Å². The van der Waals surface area contributed by atoms with Crippen molar-refractivity contribution in [1.29, 1.82) is 0 Å². The van der Waals surface area contributed by atoms with Crippen molar-refractivity contribution < 1.29 is 14.3 Å². The molecule has 2 atom stereocenters. The number of thiophene rings is 1. The molecule has 4 N–H and O–H groups in total. The number of nitrogen functional groups attached to an aromatic ring is 1. The minimum Gasteiger partial charge on any atom is -0.487 e. The molecular weight excluding hydrogens is 550 g/mol. The first-order valence-electron chi connectivity index (χ1n) is 14.4. The second kappa shape index (κ2) is 11.7. The third-order valence-electron chi connectivity index (χ3n) is 8.06.